The summed E-state index contributed by atoms with van der Waals surface area (Å²) in [4.78, 5) is 14.1. The molecule has 0 atom stereocenters. The van der Waals surface area contributed by atoms with Crippen LogP contribution in [0.4, 0.5) is 20.2 Å². The SMILES string of the molecule is CCN(C(=O)c1cccc(N2CCCS2(=O)=O)c1)c1ccc(F)c(F)c1. The first-order chi connectivity index (χ1) is 12.3. The van der Waals surface area contributed by atoms with Crippen LogP contribution in [-0.4, -0.2) is 33.2 Å². The number of amides is 1. The molecule has 138 valence electrons. The molecule has 0 radical (unpaired) electrons. The number of hydrogen-bond donors (Lipinski definition) is 0. The summed E-state index contributed by atoms with van der Waals surface area (Å²) in [7, 11) is -3.35. The minimum Gasteiger partial charge on any atom is -0.309 e. The lowest BCUT2D eigenvalue weighted by atomic mass is 10.1. The van der Waals surface area contributed by atoms with E-state index in [9.17, 15) is 22.0 Å². The van der Waals surface area contributed by atoms with Crippen molar-refractivity contribution in [3.05, 3.63) is 59.7 Å². The predicted molar refractivity (Wildman–Crippen MR) is 95.9 cm³/mol. The lowest BCUT2D eigenvalue weighted by Crippen LogP contribution is -2.31. The molecule has 0 bridgehead atoms. The molecule has 1 aliphatic rings. The average molecular weight is 380 g/mol. The molecule has 1 heterocycles. The standard InChI is InChI=1S/C18H18F2N2O3S/c1-2-21(14-7-8-16(19)17(20)12-14)18(23)13-5-3-6-15(11-13)22-9-4-10-26(22,24)25/h3,5-8,11-12H,2,4,9-10H2,1H3. The Bertz CT molecular complexity index is 947. The van der Waals surface area contributed by atoms with E-state index >= 15 is 0 Å². The highest BCUT2D eigenvalue weighted by Crippen LogP contribution is 2.26. The van der Waals surface area contributed by atoms with E-state index in [4.69, 9.17) is 0 Å². The molecule has 1 aliphatic heterocycles. The molecule has 1 saturated heterocycles. The van der Waals surface area contributed by atoms with Crippen molar-refractivity contribution < 1.29 is 22.0 Å². The van der Waals surface area contributed by atoms with Crippen molar-refractivity contribution in [2.24, 2.45) is 0 Å². The fraction of sp³-hybridized carbons (Fsp3) is 0.278. The van der Waals surface area contributed by atoms with E-state index in [0.29, 0.717) is 18.7 Å². The van der Waals surface area contributed by atoms with Crippen molar-refractivity contribution in [3.63, 3.8) is 0 Å². The smallest absolute Gasteiger partial charge is 0.258 e. The van der Waals surface area contributed by atoms with Gasteiger partial charge >= 0.3 is 0 Å². The summed E-state index contributed by atoms with van der Waals surface area (Å²) in [6.07, 6.45) is 0.538. The van der Waals surface area contributed by atoms with Gasteiger partial charge in [-0.05, 0) is 43.7 Å². The predicted octanol–water partition coefficient (Wildman–Crippen LogP) is 3.17. The molecule has 2 aromatic carbocycles. The molecular weight excluding hydrogens is 362 g/mol. The maximum Gasteiger partial charge on any atom is 0.258 e. The van der Waals surface area contributed by atoms with Crippen molar-refractivity contribution in [2.75, 3.05) is 28.0 Å². The molecule has 8 heteroatoms. The molecule has 0 unspecified atom stereocenters. The fourth-order valence-corrected chi connectivity index (χ4v) is 4.53. The third-order valence-electron chi connectivity index (χ3n) is 4.26. The van der Waals surface area contributed by atoms with Crippen molar-refractivity contribution >= 4 is 27.3 Å². The monoisotopic (exact) mass is 380 g/mol. The average Bonchev–Trinajstić information content (AvgIpc) is 2.98. The highest BCUT2D eigenvalue weighted by atomic mass is 32.2. The van der Waals surface area contributed by atoms with Gasteiger partial charge < -0.3 is 4.90 Å². The number of hydrogen-bond acceptors (Lipinski definition) is 3. The Morgan fingerprint density at radius 3 is 2.54 bits per heavy atom. The summed E-state index contributed by atoms with van der Waals surface area (Å²) >= 11 is 0. The number of sulfonamides is 1. The van der Waals surface area contributed by atoms with Crippen LogP contribution < -0.4 is 9.21 Å². The molecule has 26 heavy (non-hydrogen) atoms. The summed E-state index contributed by atoms with van der Waals surface area (Å²) in [6, 6.07) is 9.57. The quantitative estimate of drug-likeness (QED) is 0.819. The number of benzene rings is 2. The zero-order valence-corrected chi connectivity index (χ0v) is 15.0. The highest BCUT2D eigenvalue weighted by molar-refractivity contribution is 7.93. The van der Waals surface area contributed by atoms with Gasteiger partial charge in [0.1, 0.15) is 0 Å². The first-order valence-corrected chi connectivity index (χ1v) is 9.82. The molecular formula is C18H18F2N2O3S. The summed E-state index contributed by atoms with van der Waals surface area (Å²) < 4.78 is 52.1. The molecule has 1 fully saturated rings. The topological polar surface area (TPSA) is 57.7 Å². The summed E-state index contributed by atoms with van der Waals surface area (Å²) in [6.45, 7) is 2.34. The number of halogens is 2. The van der Waals surface area contributed by atoms with Crippen LogP contribution in [0.5, 0.6) is 0 Å². The molecule has 0 N–H and O–H groups in total. The number of carbonyl (C=O) groups is 1. The van der Waals surface area contributed by atoms with Gasteiger partial charge in [-0.2, -0.15) is 0 Å². The van der Waals surface area contributed by atoms with Crippen molar-refractivity contribution in [1.82, 2.24) is 0 Å². The maximum atomic E-state index is 13.5. The van der Waals surface area contributed by atoms with Crippen LogP contribution >= 0.6 is 0 Å². The van der Waals surface area contributed by atoms with Crippen LogP contribution in [0.3, 0.4) is 0 Å². The van der Waals surface area contributed by atoms with Gasteiger partial charge in [0.25, 0.3) is 5.91 Å². The van der Waals surface area contributed by atoms with E-state index in [1.54, 1.807) is 25.1 Å². The number of nitrogens with zero attached hydrogens (tertiary/aromatic N) is 2. The normalized spacial score (nSPS) is 15.9. The van der Waals surface area contributed by atoms with Gasteiger partial charge in [-0.15, -0.1) is 0 Å². The van der Waals surface area contributed by atoms with E-state index in [0.717, 1.165) is 12.1 Å². The van der Waals surface area contributed by atoms with Crippen LogP contribution in [0, 0.1) is 11.6 Å². The summed E-state index contributed by atoms with van der Waals surface area (Å²) in [5, 5.41) is 0. The van der Waals surface area contributed by atoms with E-state index < -0.39 is 27.6 Å². The van der Waals surface area contributed by atoms with Gasteiger partial charge in [0.15, 0.2) is 11.6 Å². The highest BCUT2D eigenvalue weighted by Gasteiger charge is 2.29. The first kappa shape index (κ1) is 18.3. The van der Waals surface area contributed by atoms with E-state index in [-0.39, 0.29) is 23.5 Å². The fourth-order valence-electron chi connectivity index (χ4n) is 2.98. The molecule has 5 nitrogen and oxygen atoms in total. The zero-order valence-electron chi connectivity index (χ0n) is 14.2. The van der Waals surface area contributed by atoms with Gasteiger partial charge in [0.05, 0.1) is 11.4 Å². The Hall–Kier alpha value is -2.48. The largest absolute Gasteiger partial charge is 0.309 e. The Morgan fingerprint density at radius 2 is 1.92 bits per heavy atom. The second-order valence-corrected chi connectivity index (χ2v) is 7.95. The van der Waals surface area contributed by atoms with Crippen LogP contribution in [0.15, 0.2) is 42.5 Å². The molecule has 1 amide bonds. The molecule has 0 aromatic heterocycles. The van der Waals surface area contributed by atoms with Crippen LogP contribution in [0.2, 0.25) is 0 Å². The number of anilines is 2. The van der Waals surface area contributed by atoms with E-state index in [1.807, 2.05) is 0 Å². The minimum absolute atomic E-state index is 0.0844. The van der Waals surface area contributed by atoms with Crippen molar-refractivity contribution in [2.45, 2.75) is 13.3 Å². The maximum absolute atomic E-state index is 13.5. The third-order valence-corrected chi connectivity index (χ3v) is 6.13. The lowest BCUT2D eigenvalue weighted by molar-refractivity contribution is 0.0988. The molecule has 0 spiro atoms. The minimum atomic E-state index is -3.35. The Labute approximate surface area is 150 Å². The van der Waals surface area contributed by atoms with Gasteiger partial charge in [-0.1, -0.05) is 6.07 Å². The molecule has 3 rings (SSSR count). The van der Waals surface area contributed by atoms with Gasteiger partial charge in [0.2, 0.25) is 10.0 Å². The lowest BCUT2D eigenvalue weighted by Gasteiger charge is -2.22. The van der Waals surface area contributed by atoms with Crippen molar-refractivity contribution in [1.29, 1.82) is 0 Å². The summed E-state index contributed by atoms with van der Waals surface area (Å²) in [5.41, 5.74) is 0.932. The Balaban J connectivity index is 1.93. The third kappa shape index (κ3) is 3.41. The molecule has 0 saturated carbocycles. The Kier molecular flexibility index (Phi) is 4.95. The van der Waals surface area contributed by atoms with E-state index in [2.05, 4.69) is 0 Å². The van der Waals surface area contributed by atoms with Crippen LogP contribution in [-0.2, 0) is 10.0 Å². The van der Waals surface area contributed by atoms with E-state index in [1.165, 1.54) is 21.3 Å². The number of carbonyl (C=O) groups excluding carboxylic acids is 1. The molecule has 2 aromatic rings. The van der Waals surface area contributed by atoms with Crippen LogP contribution in [0.1, 0.15) is 23.7 Å². The van der Waals surface area contributed by atoms with Gasteiger partial charge in [-0.25, -0.2) is 17.2 Å². The first-order valence-electron chi connectivity index (χ1n) is 8.21. The zero-order chi connectivity index (χ0) is 18.9. The number of rotatable bonds is 4. The Morgan fingerprint density at radius 1 is 1.15 bits per heavy atom. The molecule has 0 aliphatic carbocycles. The van der Waals surface area contributed by atoms with Crippen LogP contribution in [0.25, 0.3) is 0 Å². The van der Waals surface area contributed by atoms with Gasteiger partial charge in [0, 0.05) is 30.4 Å². The second-order valence-electron chi connectivity index (χ2n) is 5.94. The second kappa shape index (κ2) is 7.03. The summed E-state index contributed by atoms with van der Waals surface area (Å²) in [5.74, 6) is -2.36. The van der Waals surface area contributed by atoms with Gasteiger partial charge in [-0.3, -0.25) is 9.10 Å². The van der Waals surface area contributed by atoms with Crippen molar-refractivity contribution in [3.8, 4) is 0 Å².